The number of nitrogens with zero attached hydrogens (tertiary/aromatic N) is 5. The summed E-state index contributed by atoms with van der Waals surface area (Å²) in [5, 5.41) is 13.7. The molecule has 3 aromatic rings. The number of hydrogen-bond donors (Lipinski definition) is 1. The van der Waals surface area contributed by atoms with Gasteiger partial charge in [-0.1, -0.05) is 13.3 Å². The molecular formula is C28H38N6O9S. The standard InChI is InChI=1S/C28H38N6O9S/c1-4-9-22-25-26(32(3)31-22)28(36)30-27(29-25)21-16-20(12-13-23(21)41-5-2)44(39,40)33-17-19(18-33)10-8-14-42-24(35)11-6-7-15-43-34(37)38/h12-13,16,19H,4-11,14-15,17-18H2,1-3H3,(H,29,30,36). The molecule has 1 aliphatic heterocycles. The van der Waals surface area contributed by atoms with Crippen LogP contribution in [0.1, 0.15) is 58.1 Å². The van der Waals surface area contributed by atoms with Gasteiger partial charge in [0.2, 0.25) is 10.0 Å². The van der Waals surface area contributed by atoms with Crippen LogP contribution in [0, 0.1) is 16.0 Å². The Hall–Kier alpha value is -4.05. The Kier molecular flexibility index (Phi) is 10.9. The highest BCUT2D eigenvalue weighted by atomic mass is 32.2. The zero-order valence-corrected chi connectivity index (χ0v) is 25.9. The van der Waals surface area contributed by atoms with Crippen LogP contribution >= 0.6 is 0 Å². The highest BCUT2D eigenvalue weighted by Crippen LogP contribution is 2.34. The van der Waals surface area contributed by atoms with Gasteiger partial charge >= 0.3 is 5.97 Å². The van der Waals surface area contributed by atoms with Crippen LogP contribution in [0.5, 0.6) is 5.75 Å². The molecule has 4 rings (SSSR count). The van der Waals surface area contributed by atoms with E-state index in [4.69, 9.17) is 14.5 Å². The predicted molar refractivity (Wildman–Crippen MR) is 159 cm³/mol. The molecule has 0 unspecified atom stereocenters. The first-order valence-electron chi connectivity index (χ1n) is 14.7. The Morgan fingerprint density at radius 3 is 2.66 bits per heavy atom. The average molecular weight is 635 g/mol. The molecule has 0 bridgehead atoms. The van der Waals surface area contributed by atoms with Crippen molar-refractivity contribution in [3.63, 3.8) is 0 Å². The van der Waals surface area contributed by atoms with Crippen LogP contribution in [0.25, 0.3) is 22.4 Å². The van der Waals surface area contributed by atoms with E-state index < -0.39 is 15.1 Å². The van der Waals surface area contributed by atoms with Crippen LogP contribution in [0.4, 0.5) is 0 Å². The Morgan fingerprint density at radius 2 is 1.95 bits per heavy atom. The topological polar surface area (TPSA) is 189 Å². The first-order valence-corrected chi connectivity index (χ1v) is 16.1. The minimum absolute atomic E-state index is 0.0587. The number of benzene rings is 1. The second-order valence-electron chi connectivity index (χ2n) is 10.6. The second-order valence-corrected chi connectivity index (χ2v) is 12.5. The van der Waals surface area contributed by atoms with E-state index in [0.717, 1.165) is 6.42 Å². The summed E-state index contributed by atoms with van der Waals surface area (Å²) < 4.78 is 40.9. The quantitative estimate of drug-likeness (QED) is 0.0994. The molecule has 3 heterocycles. The van der Waals surface area contributed by atoms with Crippen molar-refractivity contribution >= 4 is 27.0 Å². The van der Waals surface area contributed by atoms with Crippen molar-refractivity contribution in [1.82, 2.24) is 24.1 Å². The number of aromatic nitrogens is 4. The van der Waals surface area contributed by atoms with Gasteiger partial charge < -0.3 is 19.3 Å². The maximum Gasteiger partial charge on any atom is 0.305 e. The number of unbranched alkanes of at least 4 members (excludes halogenated alkanes) is 1. The van der Waals surface area contributed by atoms with Gasteiger partial charge in [-0.25, -0.2) is 13.4 Å². The summed E-state index contributed by atoms with van der Waals surface area (Å²) in [5.74, 6) is 0.355. The molecule has 2 aromatic heterocycles. The third-order valence-electron chi connectivity index (χ3n) is 7.31. The minimum atomic E-state index is -3.82. The van der Waals surface area contributed by atoms with Gasteiger partial charge in [-0.05, 0) is 63.1 Å². The molecule has 0 radical (unpaired) electrons. The summed E-state index contributed by atoms with van der Waals surface area (Å²) in [6.07, 6.45) is 3.72. The fourth-order valence-corrected chi connectivity index (χ4v) is 6.73. The lowest BCUT2D eigenvalue weighted by Crippen LogP contribution is -2.49. The molecule has 16 heteroatoms. The van der Waals surface area contributed by atoms with Crippen molar-refractivity contribution in [3.05, 3.63) is 44.4 Å². The Morgan fingerprint density at radius 1 is 1.18 bits per heavy atom. The number of fused-ring (bicyclic) bond motifs is 1. The van der Waals surface area contributed by atoms with Crippen LogP contribution in [0.3, 0.4) is 0 Å². The van der Waals surface area contributed by atoms with Gasteiger partial charge in [-0.2, -0.15) is 9.40 Å². The molecule has 0 aliphatic carbocycles. The molecule has 0 atom stereocenters. The zero-order valence-electron chi connectivity index (χ0n) is 25.1. The lowest BCUT2D eigenvalue weighted by Gasteiger charge is -2.38. The molecule has 240 valence electrons. The van der Waals surface area contributed by atoms with Crippen LogP contribution < -0.4 is 10.3 Å². The van der Waals surface area contributed by atoms with E-state index in [1.54, 1.807) is 13.1 Å². The van der Waals surface area contributed by atoms with Gasteiger partial charge in [0.15, 0.2) is 5.52 Å². The van der Waals surface area contributed by atoms with Crippen molar-refractivity contribution in [2.24, 2.45) is 13.0 Å². The van der Waals surface area contributed by atoms with Gasteiger partial charge in [-0.15, -0.1) is 10.1 Å². The van der Waals surface area contributed by atoms with E-state index in [0.29, 0.717) is 79.8 Å². The maximum atomic E-state index is 13.5. The Balaban J connectivity index is 1.38. The molecule has 15 nitrogen and oxygen atoms in total. The minimum Gasteiger partial charge on any atom is -0.493 e. The third kappa shape index (κ3) is 7.72. The van der Waals surface area contributed by atoms with E-state index in [2.05, 4.69) is 14.9 Å². The highest BCUT2D eigenvalue weighted by Gasteiger charge is 2.36. The van der Waals surface area contributed by atoms with Crippen molar-refractivity contribution in [2.45, 2.75) is 63.7 Å². The highest BCUT2D eigenvalue weighted by molar-refractivity contribution is 7.89. The van der Waals surface area contributed by atoms with E-state index in [9.17, 15) is 28.1 Å². The third-order valence-corrected chi connectivity index (χ3v) is 9.14. The number of sulfonamides is 1. The van der Waals surface area contributed by atoms with Gasteiger partial charge in [0.1, 0.15) is 17.1 Å². The van der Waals surface area contributed by atoms with Gasteiger partial charge in [0.05, 0.1) is 36.0 Å². The number of aromatic amines is 1. The molecule has 1 fully saturated rings. The lowest BCUT2D eigenvalue weighted by molar-refractivity contribution is -0.757. The summed E-state index contributed by atoms with van der Waals surface area (Å²) in [6, 6.07) is 4.55. The van der Waals surface area contributed by atoms with Crippen molar-refractivity contribution < 1.29 is 32.6 Å². The predicted octanol–water partition coefficient (Wildman–Crippen LogP) is 3.00. The van der Waals surface area contributed by atoms with Crippen LogP contribution in [-0.4, -0.2) is 76.4 Å². The molecule has 0 amide bonds. The zero-order chi connectivity index (χ0) is 31.9. The maximum absolute atomic E-state index is 13.5. The number of ether oxygens (including phenoxy) is 2. The monoisotopic (exact) mass is 634 g/mol. The van der Waals surface area contributed by atoms with Crippen LogP contribution in [0.2, 0.25) is 0 Å². The number of esters is 1. The summed E-state index contributed by atoms with van der Waals surface area (Å²) in [5.41, 5.74) is 1.50. The van der Waals surface area contributed by atoms with E-state index in [-0.39, 0.29) is 47.8 Å². The first kappa shape index (κ1) is 32.9. The fraction of sp³-hybridized carbons (Fsp3) is 0.571. The smallest absolute Gasteiger partial charge is 0.305 e. The van der Waals surface area contributed by atoms with E-state index in [1.165, 1.54) is 21.1 Å². The number of hydrogen-bond acceptors (Lipinski definition) is 11. The summed E-state index contributed by atoms with van der Waals surface area (Å²) in [6.45, 7) is 5.00. The van der Waals surface area contributed by atoms with E-state index in [1.807, 2.05) is 13.8 Å². The molecular weight excluding hydrogens is 596 g/mol. The molecule has 44 heavy (non-hydrogen) atoms. The molecule has 1 aliphatic rings. The number of rotatable bonds is 17. The Labute approximate surface area is 254 Å². The number of carbonyl (C=O) groups is 1. The van der Waals surface area contributed by atoms with Gasteiger partial charge in [-0.3, -0.25) is 14.3 Å². The van der Waals surface area contributed by atoms with E-state index >= 15 is 0 Å². The van der Waals surface area contributed by atoms with Crippen molar-refractivity contribution in [3.8, 4) is 17.1 Å². The molecule has 1 saturated heterocycles. The molecule has 0 saturated carbocycles. The SMILES string of the molecule is CCCc1nn(C)c2c(=O)[nH]c(-c3cc(S(=O)(=O)N4CC(CCCOC(=O)CCCCO[N+](=O)[O-])C4)ccc3OCC)nc12. The number of carbonyl (C=O) groups excluding carboxylic acids is 1. The molecule has 1 aromatic carbocycles. The lowest BCUT2D eigenvalue weighted by atomic mass is 9.98. The molecule has 1 N–H and O–H groups in total. The van der Waals surface area contributed by atoms with Crippen molar-refractivity contribution in [1.29, 1.82) is 0 Å². The number of aryl methyl sites for hydroxylation is 2. The second kappa shape index (κ2) is 14.6. The Bertz CT molecular complexity index is 1650. The summed E-state index contributed by atoms with van der Waals surface area (Å²) in [7, 11) is -2.14. The molecule has 0 spiro atoms. The fourth-order valence-electron chi connectivity index (χ4n) is 5.11. The van der Waals surface area contributed by atoms with Crippen LogP contribution in [0.15, 0.2) is 27.9 Å². The number of H-pyrrole nitrogens is 1. The summed E-state index contributed by atoms with van der Waals surface area (Å²) >= 11 is 0. The largest absolute Gasteiger partial charge is 0.493 e. The number of nitrogens with one attached hydrogen (secondary N) is 1. The normalized spacial score (nSPS) is 14.0. The van der Waals surface area contributed by atoms with Crippen LogP contribution in [-0.2, 0) is 37.9 Å². The summed E-state index contributed by atoms with van der Waals surface area (Å²) in [4.78, 5) is 46.7. The first-order chi connectivity index (χ1) is 21.0. The average Bonchev–Trinajstić information content (AvgIpc) is 3.27. The van der Waals surface area contributed by atoms with Crippen molar-refractivity contribution in [2.75, 3.05) is 32.9 Å². The van der Waals surface area contributed by atoms with Gasteiger partial charge in [0.25, 0.3) is 10.6 Å². The van der Waals surface area contributed by atoms with Gasteiger partial charge in [0, 0.05) is 26.6 Å².